The third-order valence-corrected chi connectivity index (χ3v) is 4.84. The lowest BCUT2D eigenvalue weighted by atomic mass is 9.77. The molecule has 0 radical (unpaired) electrons. The van der Waals surface area contributed by atoms with E-state index in [0.717, 1.165) is 6.42 Å². The smallest absolute Gasteiger partial charge is 0.313 e. The predicted molar refractivity (Wildman–Crippen MR) is 85.4 cm³/mol. The van der Waals surface area contributed by atoms with Crippen LogP contribution in [0.25, 0.3) is 0 Å². The number of rotatable bonds is 3. The first-order valence-corrected chi connectivity index (χ1v) is 7.88. The molecule has 2 amide bonds. The van der Waals surface area contributed by atoms with E-state index in [1.165, 1.54) is 17.0 Å². The molecule has 0 aliphatic carbocycles. The topological polar surface area (TPSA) is 69.6 Å². The van der Waals surface area contributed by atoms with Crippen molar-refractivity contribution in [1.82, 2.24) is 4.90 Å². The van der Waals surface area contributed by atoms with Crippen LogP contribution in [0.2, 0.25) is 0 Å². The van der Waals surface area contributed by atoms with Crippen molar-refractivity contribution < 1.29 is 19.1 Å². The molecule has 0 atom stereocenters. The molecular weight excluding hydrogens is 299 g/mol. The molecule has 0 saturated carbocycles. The summed E-state index contributed by atoms with van der Waals surface area (Å²) in [6.45, 7) is 4.75. The molecule has 23 heavy (non-hydrogen) atoms. The van der Waals surface area contributed by atoms with Crippen LogP contribution in [0.5, 0.6) is 0 Å². The van der Waals surface area contributed by atoms with Crippen LogP contribution in [0.3, 0.4) is 0 Å². The molecule has 1 heterocycles. The Morgan fingerprint density at radius 2 is 2.00 bits per heavy atom. The molecule has 2 N–H and O–H groups in total. The number of carbonyl (C=O) groups excluding carboxylic acids is 2. The van der Waals surface area contributed by atoms with Crippen LogP contribution in [-0.4, -0.2) is 41.5 Å². The van der Waals surface area contributed by atoms with E-state index in [4.69, 9.17) is 0 Å². The van der Waals surface area contributed by atoms with E-state index in [9.17, 15) is 19.1 Å². The molecule has 0 bridgehead atoms. The van der Waals surface area contributed by atoms with E-state index >= 15 is 0 Å². The summed E-state index contributed by atoms with van der Waals surface area (Å²) in [6.07, 6.45) is 2.20. The molecule has 2 rings (SSSR count). The van der Waals surface area contributed by atoms with E-state index in [-0.39, 0.29) is 12.0 Å². The number of hydrogen-bond acceptors (Lipinski definition) is 3. The van der Waals surface area contributed by atoms with E-state index in [1.807, 2.05) is 6.92 Å². The minimum atomic E-state index is -0.758. The number of aliphatic hydroxyl groups excluding tert-OH is 1. The summed E-state index contributed by atoms with van der Waals surface area (Å²) < 4.78 is 13.2. The number of halogens is 1. The van der Waals surface area contributed by atoms with Crippen LogP contribution in [-0.2, 0) is 9.59 Å². The standard InChI is InChI=1S/C17H23FN2O3/c1-3-17(11-21)6-8-20(9-7-17)16(23)15(22)19-14-10-13(18)5-4-12(14)2/h4-5,10,21H,3,6-9,11H2,1-2H3,(H,19,22). The molecular formula is C17H23FN2O3. The zero-order valence-electron chi connectivity index (χ0n) is 13.6. The number of nitrogens with zero attached hydrogens (tertiary/aromatic N) is 1. The predicted octanol–water partition coefficient (Wildman–Crippen LogP) is 2.08. The highest BCUT2D eigenvalue weighted by Crippen LogP contribution is 2.34. The minimum absolute atomic E-state index is 0.0974. The number of nitrogens with one attached hydrogen (secondary N) is 1. The number of hydrogen-bond donors (Lipinski definition) is 2. The summed E-state index contributed by atoms with van der Waals surface area (Å²) in [5.41, 5.74) is 0.849. The molecule has 6 heteroatoms. The van der Waals surface area contributed by atoms with Crippen LogP contribution in [0.15, 0.2) is 18.2 Å². The fraction of sp³-hybridized carbons (Fsp3) is 0.529. The third kappa shape index (κ3) is 3.88. The molecule has 1 aliphatic heterocycles. The number of benzene rings is 1. The van der Waals surface area contributed by atoms with Crippen molar-refractivity contribution in [2.45, 2.75) is 33.1 Å². The molecule has 0 spiro atoms. The first-order chi connectivity index (χ1) is 10.9. The van der Waals surface area contributed by atoms with Gasteiger partial charge in [-0.15, -0.1) is 0 Å². The van der Waals surface area contributed by atoms with Gasteiger partial charge in [-0.3, -0.25) is 9.59 Å². The lowest BCUT2D eigenvalue weighted by molar-refractivity contribution is -0.145. The number of aryl methyl sites for hydroxylation is 1. The molecule has 0 aromatic heterocycles. The number of likely N-dealkylation sites (tertiary alicyclic amines) is 1. The van der Waals surface area contributed by atoms with Gasteiger partial charge in [0.2, 0.25) is 0 Å². The van der Waals surface area contributed by atoms with Crippen molar-refractivity contribution >= 4 is 17.5 Å². The van der Waals surface area contributed by atoms with E-state index in [2.05, 4.69) is 5.32 Å². The third-order valence-electron chi connectivity index (χ3n) is 4.84. The van der Waals surface area contributed by atoms with Gasteiger partial charge in [0.1, 0.15) is 5.82 Å². The average Bonchev–Trinajstić information content (AvgIpc) is 2.57. The van der Waals surface area contributed by atoms with Crippen LogP contribution >= 0.6 is 0 Å². The van der Waals surface area contributed by atoms with Gasteiger partial charge >= 0.3 is 11.8 Å². The van der Waals surface area contributed by atoms with Gasteiger partial charge in [-0.05, 0) is 49.3 Å². The number of carbonyl (C=O) groups is 2. The van der Waals surface area contributed by atoms with Crippen LogP contribution in [0.1, 0.15) is 31.7 Å². The molecule has 1 saturated heterocycles. The van der Waals surface area contributed by atoms with E-state index in [0.29, 0.717) is 37.2 Å². The summed E-state index contributed by atoms with van der Waals surface area (Å²) in [7, 11) is 0. The first kappa shape index (κ1) is 17.4. The monoisotopic (exact) mass is 322 g/mol. The molecule has 0 unspecified atom stereocenters. The highest BCUT2D eigenvalue weighted by atomic mass is 19.1. The second-order valence-corrected chi connectivity index (χ2v) is 6.22. The Labute approximate surface area is 135 Å². The van der Waals surface area contributed by atoms with Gasteiger partial charge in [0.15, 0.2) is 0 Å². The second kappa shape index (κ2) is 7.08. The second-order valence-electron chi connectivity index (χ2n) is 6.22. The summed E-state index contributed by atoms with van der Waals surface area (Å²) in [5.74, 6) is -1.84. The maximum Gasteiger partial charge on any atom is 0.313 e. The lowest BCUT2D eigenvalue weighted by Crippen LogP contribution is -2.48. The van der Waals surface area contributed by atoms with Crippen molar-refractivity contribution in [3.05, 3.63) is 29.6 Å². The summed E-state index contributed by atoms with van der Waals surface area (Å²) >= 11 is 0. The van der Waals surface area contributed by atoms with Gasteiger partial charge < -0.3 is 15.3 Å². The van der Waals surface area contributed by atoms with Crippen molar-refractivity contribution in [3.8, 4) is 0 Å². The summed E-state index contributed by atoms with van der Waals surface area (Å²) in [6, 6.07) is 4.05. The van der Waals surface area contributed by atoms with Crippen molar-refractivity contribution in [1.29, 1.82) is 0 Å². The first-order valence-electron chi connectivity index (χ1n) is 7.88. The number of aliphatic hydroxyl groups is 1. The Bertz CT molecular complexity index is 590. The highest BCUT2D eigenvalue weighted by Gasteiger charge is 2.35. The Balaban J connectivity index is 1.98. The molecule has 1 aliphatic rings. The average molecular weight is 322 g/mol. The Kier molecular flexibility index (Phi) is 5.36. The van der Waals surface area contributed by atoms with Gasteiger partial charge in [0.25, 0.3) is 0 Å². The summed E-state index contributed by atoms with van der Waals surface area (Å²) in [4.78, 5) is 25.8. The zero-order chi connectivity index (χ0) is 17.0. The highest BCUT2D eigenvalue weighted by molar-refractivity contribution is 6.39. The number of anilines is 1. The fourth-order valence-electron chi connectivity index (χ4n) is 2.86. The van der Waals surface area contributed by atoms with Crippen molar-refractivity contribution in [3.63, 3.8) is 0 Å². The SMILES string of the molecule is CCC1(CO)CCN(C(=O)C(=O)Nc2cc(F)ccc2C)CC1. The molecule has 1 fully saturated rings. The summed E-state index contributed by atoms with van der Waals surface area (Å²) in [5, 5.41) is 12.0. The van der Waals surface area contributed by atoms with Gasteiger partial charge in [0, 0.05) is 25.4 Å². The Hall–Kier alpha value is -1.95. The minimum Gasteiger partial charge on any atom is -0.396 e. The van der Waals surface area contributed by atoms with Gasteiger partial charge in [-0.25, -0.2) is 4.39 Å². The Morgan fingerprint density at radius 1 is 1.35 bits per heavy atom. The zero-order valence-corrected chi connectivity index (χ0v) is 13.6. The van der Waals surface area contributed by atoms with Gasteiger partial charge in [-0.1, -0.05) is 13.0 Å². The van der Waals surface area contributed by atoms with Crippen LogP contribution < -0.4 is 5.32 Å². The van der Waals surface area contributed by atoms with Gasteiger partial charge in [-0.2, -0.15) is 0 Å². The molecule has 5 nitrogen and oxygen atoms in total. The largest absolute Gasteiger partial charge is 0.396 e. The maximum atomic E-state index is 13.2. The quantitative estimate of drug-likeness (QED) is 0.837. The van der Waals surface area contributed by atoms with Gasteiger partial charge in [0.05, 0.1) is 0 Å². The molecule has 126 valence electrons. The molecule has 1 aromatic rings. The Morgan fingerprint density at radius 3 is 2.57 bits per heavy atom. The number of amides is 2. The maximum absolute atomic E-state index is 13.2. The molecule has 1 aromatic carbocycles. The van der Waals surface area contributed by atoms with Crippen LogP contribution in [0.4, 0.5) is 10.1 Å². The van der Waals surface area contributed by atoms with E-state index in [1.54, 1.807) is 13.0 Å². The fourth-order valence-corrected chi connectivity index (χ4v) is 2.86. The van der Waals surface area contributed by atoms with Crippen molar-refractivity contribution in [2.75, 3.05) is 25.0 Å². The van der Waals surface area contributed by atoms with E-state index < -0.39 is 17.6 Å². The normalized spacial score (nSPS) is 17.0. The number of piperidine rings is 1. The van der Waals surface area contributed by atoms with Crippen LogP contribution in [0, 0.1) is 18.2 Å². The van der Waals surface area contributed by atoms with Crippen molar-refractivity contribution in [2.24, 2.45) is 5.41 Å². The lowest BCUT2D eigenvalue weighted by Gasteiger charge is -2.39.